The van der Waals surface area contributed by atoms with Crippen LogP contribution in [0.4, 0.5) is 10.1 Å². The third-order valence-electron chi connectivity index (χ3n) is 2.95. The fourth-order valence-corrected chi connectivity index (χ4v) is 2.51. The molecule has 0 saturated carbocycles. The van der Waals surface area contributed by atoms with E-state index in [2.05, 4.69) is 21.2 Å². The third kappa shape index (κ3) is 3.80. The molecule has 0 unspecified atom stereocenters. The minimum absolute atomic E-state index is 0.273. The first kappa shape index (κ1) is 15.9. The lowest BCUT2D eigenvalue weighted by Crippen LogP contribution is -2.04. The van der Waals surface area contributed by atoms with Crippen LogP contribution in [0.2, 0.25) is 5.02 Å². The van der Waals surface area contributed by atoms with E-state index in [0.29, 0.717) is 34.3 Å². The van der Waals surface area contributed by atoms with Crippen LogP contribution in [0, 0.1) is 5.82 Å². The fraction of sp³-hybridized carbons (Fsp3) is 0.200. The second kappa shape index (κ2) is 7.00. The first-order valence-corrected chi connectivity index (χ1v) is 7.31. The van der Waals surface area contributed by atoms with Crippen molar-refractivity contribution in [2.75, 3.05) is 19.5 Å². The molecule has 0 saturated heterocycles. The van der Waals surface area contributed by atoms with Gasteiger partial charge in [0.2, 0.25) is 0 Å². The maximum atomic E-state index is 13.7. The maximum absolute atomic E-state index is 13.7. The molecule has 0 heterocycles. The topological polar surface area (TPSA) is 30.5 Å². The van der Waals surface area contributed by atoms with E-state index < -0.39 is 0 Å². The highest BCUT2D eigenvalue weighted by Crippen LogP contribution is 2.36. The van der Waals surface area contributed by atoms with Gasteiger partial charge in [0.1, 0.15) is 17.3 Å². The Labute approximate surface area is 136 Å². The molecule has 6 heteroatoms. The third-order valence-corrected chi connectivity index (χ3v) is 3.74. The van der Waals surface area contributed by atoms with E-state index >= 15 is 0 Å². The smallest absolute Gasteiger partial charge is 0.143 e. The molecular formula is C15H14BrClFNO2. The van der Waals surface area contributed by atoms with Crippen molar-refractivity contribution in [3.8, 4) is 11.5 Å². The van der Waals surface area contributed by atoms with Crippen LogP contribution in [-0.2, 0) is 6.54 Å². The summed E-state index contributed by atoms with van der Waals surface area (Å²) in [6, 6.07) is 8.17. The molecule has 0 amide bonds. The number of halogens is 3. The molecule has 0 aromatic heterocycles. The van der Waals surface area contributed by atoms with Crippen molar-refractivity contribution < 1.29 is 13.9 Å². The zero-order valence-corrected chi connectivity index (χ0v) is 13.9. The lowest BCUT2D eigenvalue weighted by Gasteiger charge is -2.14. The zero-order chi connectivity index (χ0) is 15.4. The Balaban J connectivity index is 2.24. The van der Waals surface area contributed by atoms with E-state index in [0.717, 1.165) is 4.47 Å². The fourth-order valence-electron chi connectivity index (χ4n) is 1.87. The van der Waals surface area contributed by atoms with Crippen LogP contribution in [0.3, 0.4) is 0 Å². The molecule has 0 atom stereocenters. The summed E-state index contributed by atoms with van der Waals surface area (Å²) in [4.78, 5) is 0. The number of hydrogen-bond donors (Lipinski definition) is 1. The monoisotopic (exact) mass is 373 g/mol. The normalized spacial score (nSPS) is 10.3. The van der Waals surface area contributed by atoms with E-state index in [9.17, 15) is 4.39 Å². The Hall–Kier alpha value is -1.46. The van der Waals surface area contributed by atoms with Crippen molar-refractivity contribution in [1.29, 1.82) is 0 Å². The van der Waals surface area contributed by atoms with Gasteiger partial charge in [0.25, 0.3) is 0 Å². The van der Waals surface area contributed by atoms with Crippen LogP contribution in [0.15, 0.2) is 34.8 Å². The van der Waals surface area contributed by atoms with Crippen LogP contribution in [-0.4, -0.2) is 14.2 Å². The molecule has 0 fully saturated rings. The van der Waals surface area contributed by atoms with Gasteiger partial charge in [0, 0.05) is 28.7 Å². The van der Waals surface area contributed by atoms with E-state index in [-0.39, 0.29) is 5.82 Å². The van der Waals surface area contributed by atoms with Crippen LogP contribution >= 0.6 is 27.5 Å². The largest absolute Gasteiger partial charge is 0.495 e. The number of hydrogen-bond acceptors (Lipinski definition) is 3. The molecule has 0 spiro atoms. The molecule has 0 aliphatic carbocycles. The average Bonchev–Trinajstić information content (AvgIpc) is 2.48. The predicted octanol–water partition coefficient (Wildman–Crippen LogP) is 4.87. The Morgan fingerprint density at radius 1 is 1.14 bits per heavy atom. The van der Waals surface area contributed by atoms with Gasteiger partial charge in [-0.2, -0.15) is 0 Å². The number of nitrogens with one attached hydrogen (secondary N) is 1. The lowest BCUT2D eigenvalue weighted by atomic mass is 10.2. The number of rotatable bonds is 5. The van der Waals surface area contributed by atoms with Crippen molar-refractivity contribution in [2.24, 2.45) is 0 Å². The molecular weight excluding hydrogens is 361 g/mol. The van der Waals surface area contributed by atoms with Gasteiger partial charge in [0.05, 0.1) is 24.9 Å². The number of ether oxygens (including phenoxy) is 2. The quantitative estimate of drug-likeness (QED) is 0.810. The summed E-state index contributed by atoms with van der Waals surface area (Å²) in [6.07, 6.45) is 0. The molecule has 0 bridgehead atoms. The Kier molecular flexibility index (Phi) is 5.31. The van der Waals surface area contributed by atoms with Crippen LogP contribution in [0.25, 0.3) is 0 Å². The Morgan fingerprint density at radius 2 is 1.86 bits per heavy atom. The predicted molar refractivity (Wildman–Crippen MR) is 86.0 cm³/mol. The van der Waals surface area contributed by atoms with Crippen molar-refractivity contribution in [3.05, 3.63) is 51.2 Å². The van der Waals surface area contributed by atoms with Crippen molar-refractivity contribution >= 4 is 33.2 Å². The Morgan fingerprint density at radius 3 is 2.52 bits per heavy atom. The summed E-state index contributed by atoms with van der Waals surface area (Å²) in [5.41, 5.74) is 1.22. The highest BCUT2D eigenvalue weighted by Gasteiger charge is 2.11. The van der Waals surface area contributed by atoms with Crippen molar-refractivity contribution in [1.82, 2.24) is 0 Å². The summed E-state index contributed by atoms with van der Waals surface area (Å²) in [5.74, 6) is 0.816. The van der Waals surface area contributed by atoms with E-state index in [1.807, 2.05) is 0 Å². The number of methoxy groups -OCH3 is 2. The Bertz CT molecular complexity index is 652. The van der Waals surface area contributed by atoms with Crippen molar-refractivity contribution in [2.45, 2.75) is 6.54 Å². The minimum atomic E-state index is -0.273. The van der Waals surface area contributed by atoms with E-state index in [1.54, 1.807) is 31.4 Å². The molecule has 112 valence electrons. The van der Waals surface area contributed by atoms with Gasteiger partial charge < -0.3 is 14.8 Å². The summed E-state index contributed by atoms with van der Waals surface area (Å²) >= 11 is 9.37. The van der Waals surface area contributed by atoms with Gasteiger partial charge in [-0.05, 0) is 18.2 Å². The second-order valence-electron chi connectivity index (χ2n) is 4.28. The maximum Gasteiger partial charge on any atom is 0.143 e. The SMILES string of the molecule is COc1cc(NCc2cc(Br)ccc2F)c(OC)cc1Cl. The molecule has 2 rings (SSSR count). The molecule has 0 aliphatic heterocycles. The van der Waals surface area contributed by atoms with Gasteiger partial charge in [0.15, 0.2) is 0 Å². The summed E-state index contributed by atoms with van der Waals surface area (Å²) in [5, 5.41) is 3.58. The summed E-state index contributed by atoms with van der Waals surface area (Å²) in [7, 11) is 3.08. The first-order chi connectivity index (χ1) is 10.0. The molecule has 21 heavy (non-hydrogen) atoms. The first-order valence-electron chi connectivity index (χ1n) is 6.14. The van der Waals surface area contributed by atoms with E-state index in [4.69, 9.17) is 21.1 Å². The van der Waals surface area contributed by atoms with Crippen LogP contribution in [0.1, 0.15) is 5.56 Å². The standard InChI is InChI=1S/C15H14BrClFNO2/c1-20-14-7-13(15(21-2)6-11(14)17)19-8-9-5-10(16)3-4-12(9)18/h3-7,19H,8H2,1-2H3. The summed E-state index contributed by atoms with van der Waals surface area (Å²) < 4.78 is 25.0. The molecule has 1 N–H and O–H groups in total. The molecule has 2 aromatic carbocycles. The summed E-state index contributed by atoms with van der Waals surface area (Å²) in [6.45, 7) is 0.312. The van der Waals surface area contributed by atoms with Gasteiger partial charge in [-0.15, -0.1) is 0 Å². The highest BCUT2D eigenvalue weighted by molar-refractivity contribution is 9.10. The molecule has 0 aliphatic rings. The van der Waals surface area contributed by atoms with Gasteiger partial charge in [-0.1, -0.05) is 27.5 Å². The van der Waals surface area contributed by atoms with Crippen LogP contribution < -0.4 is 14.8 Å². The van der Waals surface area contributed by atoms with Crippen molar-refractivity contribution in [3.63, 3.8) is 0 Å². The van der Waals surface area contributed by atoms with Gasteiger partial charge in [-0.3, -0.25) is 0 Å². The van der Waals surface area contributed by atoms with Gasteiger partial charge >= 0.3 is 0 Å². The second-order valence-corrected chi connectivity index (χ2v) is 5.60. The lowest BCUT2D eigenvalue weighted by molar-refractivity contribution is 0.404. The number of anilines is 1. The molecule has 0 radical (unpaired) electrons. The molecule has 2 aromatic rings. The average molecular weight is 375 g/mol. The highest BCUT2D eigenvalue weighted by atomic mass is 79.9. The van der Waals surface area contributed by atoms with Crippen LogP contribution in [0.5, 0.6) is 11.5 Å². The minimum Gasteiger partial charge on any atom is -0.495 e. The molecule has 3 nitrogen and oxygen atoms in total. The van der Waals surface area contributed by atoms with Gasteiger partial charge in [-0.25, -0.2) is 4.39 Å². The zero-order valence-electron chi connectivity index (χ0n) is 11.5. The number of benzene rings is 2. The van der Waals surface area contributed by atoms with E-state index in [1.165, 1.54) is 13.2 Å².